The molecule has 1 fully saturated rings. The zero-order chi connectivity index (χ0) is 10.1. The van der Waals surface area contributed by atoms with Crippen molar-refractivity contribution in [2.75, 3.05) is 0 Å². The fourth-order valence-electron chi connectivity index (χ4n) is 2.81. The first kappa shape index (κ1) is 8.96. The molecule has 0 saturated heterocycles. The number of rotatable bonds is 1. The quantitative estimate of drug-likeness (QED) is 0.684. The van der Waals surface area contributed by atoms with E-state index in [1.54, 1.807) is 0 Å². The van der Waals surface area contributed by atoms with Crippen molar-refractivity contribution in [2.24, 2.45) is 11.1 Å². The van der Waals surface area contributed by atoms with Gasteiger partial charge in [-0.3, -0.25) is 0 Å². The molecule has 0 radical (unpaired) electrons. The Labute approximate surface area is 89.9 Å². The van der Waals surface area contributed by atoms with Crippen molar-refractivity contribution < 1.29 is 4.84 Å². The molecule has 3 rings (SSSR count). The zero-order valence-electron chi connectivity index (χ0n) is 8.73. The maximum absolute atomic E-state index is 5.70. The molecule has 1 aromatic carbocycles. The zero-order valence-corrected chi connectivity index (χ0v) is 8.73. The Morgan fingerprint density at radius 1 is 1.20 bits per heavy atom. The molecule has 0 bridgehead atoms. The summed E-state index contributed by atoms with van der Waals surface area (Å²) in [7, 11) is 0. The van der Waals surface area contributed by atoms with Gasteiger partial charge >= 0.3 is 0 Å². The van der Waals surface area contributed by atoms with Crippen LogP contribution in [0.1, 0.15) is 31.2 Å². The topological polar surface area (TPSA) is 21.6 Å². The van der Waals surface area contributed by atoms with E-state index in [1.807, 2.05) is 12.3 Å². The van der Waals surface area contributed by atoms with Gasteiger partial charge in [-0.15, -0.1) is 0 Å². The number of oxime groups is 1. The van der Waals surface area contributed by atoms with Gasteiger partial charge in [0, 0.05) is 5.92 Å². The summed E-state index contributed by atoms with van der Waals surface area (Å²) in [4.78, 5) is 5.70. The third-order valence-electron chi connectivity index (χ3n) is 3.63. The monoisotopic (exact) mass is 201 g/mol. The van der Waals surface area contributed by atoms with E-state index in [-0.39, 0.29) is 5.60 Å². The molecule has 1 saturated carbocycles. The van der Waals surface area contributed by atoms with E-state index in [2.05, 4.69) is 29.4 Å². The van der Waals surface area contributed by atoms with Gasteiger partial charge in [-0.05, 0) is 24.8 Å². The summed E-state index contributed by atoms with van der Waals surface area (Å²) in [6.45, 7) is 0. The molecule has 78 valence electrons. The van der Waals surface area contributed by atoms with E-state index in [0.29, 0.717) is 5.92 Å². The molecule has 1 aliphatic heterocycles. The van der Waals surface area contributed by atoms with Crippen LogP contribution >= 0.6 is 0 Å². The highest BCUT2D eigenvalue weighted by molar-refractivity contribution is 5.65. The van der Waals surface area contributed by atoms with Crippen molar-refractivity contribution >= 4 is 6.21 Å². The molecule has 1 heterocycles. The Balaban J connectivity index is 2.01. The van der Waals surface area contributed by atoms with Gasteiger partial charge in [0.25, 0.3) is 0 Å². The maximum Gasteiger partial charge on any atom is 0.170 e. The first-order chi connectivity index (χ1) is 7.42. The van der Waals surface area contributed by atoms with Crippen molar-refractivity contribution in [1.82, 2.24) is 0 Å². The summed E-state index contributed by atoms with van der Waals surface area (Å²) in [5, 5.41) is 4.05. The van der Waals surface area contributed by atoms with Crippen LogP contribution in [0.4, 0.5) is 0 Å². The van der Waals surface area contributed by atoms with Gasteiger partial charge in [-0.2, -0.15) is 0 Å². The number of hydrogen-bond acceptors (Lipinski definition) is 2. The molecule has 2 unspecified atom stereocenters. The van der Waals surface area contributed by atoms with Gasteiger partial charge in [0.05, 0.1) is 6.21 Å². The minimum Gasteiger partial charge on any atom is -0.384 e. The molecular formula is C13H15NO. The summed E-state index contributed by atoms with van der Waals surface area (Å²) in [5.41, 5.74) is 1.15. The Morgan fingerprint density at radius 3 is 2.93 bits per heavy atom. The van der Waals surface area contributed by atoms with E-state index in [0.717, 1.165) is 6.42 Å². The van der Waals surface area contributed by atoms with E-state index in [4.69, 9.17) is 4.84 Å². The molecule has 0 N–H and O–H groups in total. The maximum atomic E-state index is 5.70. The second-order valence-corrected chi connectivity index (χ2v) is 4.45. The lowest BCUT2D eigenvalue weighted by molar-refractivity contribution is -0.0714. The van der Waals surface area contributed by atoms with Gasteiger partial charge in [0.2, 0.25) is 0 Å². The van der Waals surface area contributed by atoms with Crippen LogP contribution in [-0.2, 0) is 10.4 Å². The molecular weight excluding hydrogens is 186 g/mol. The number of benzene rings is 1. The SMILES string of the molecule is C1=NOC2(c3ccccc3)CCCCC12. The van der Waals surface area contributed by atoms with E-state index < -0.39 is 0 Å². The molecule has 2 aliphatic rings. The highest BCUT2D eigenvalue weighted by Crippen LogP contribution is 2.46. The lowest BCUT2D eigenvalue weighted by atomic mass is 9.72. The predicted octanol–water partition coefficient (Wildman–Crippen LogP) is 3.09. The second kappa shape index (κ2) is 3.37. The predicted molar refractivity (Wildman–Crippen MR) is 59.7 cm³/mol. The summed E-state index contributed by atoms with van der Waals surface area (Å²) >= 11 is 0. The van der Waals surface area contributed by atoms with Gasteiger partial charge < -0.3 is 4.84 Å². The third kappa shape index (κ3) is 1.28. The Bertz CT molecular complexity index is 373. The molecule has 15 heavy (non-hydrogen) atoms. The van der Waals surface area contributed by atoms with Crippen LogP contribution < -0.4 is 0 Å². The number of hydrogen-bond donors (Lipinski definition) is 0. The smallest absolute Gasteiger partial charge is 0.170 e. The van der Waals surface area contributed by atoms with Gasteiger partial charge in [-0.25, -0.2) is 0 Å². The molecule has 2 nitrogen and oxygen atoms in total. The van der Waals surface area contributed by atoms with Crippen molar-refractivity contribution in [3.63, 3.8) is 0 Å². The molecule has 0 aromatic heterocycles. The van der Waals surface area contributed by atoms with Crippen LogP contribution in [0.15, 0.2) is 35.5 Å². The highest BCUT2D eigenvalue weighted by atomic mass is 16.7. The van der Waals surface area contributed by atoms with Gasteiger partial charge in [0.15, 0.2) is 5.60 Å². The summed E-state index contributed by atoms with van der Waals surface area (Å²) < 4.78 is 0. The van der Waals surface area contributed by atoms with Crippen LogP contribution in [0, 0.1) is 5.92 Å². The molecule has 0 amide bonds. The van der Waals surface area contributed by atoms with Gasteiger partial charge in [0.1, 0.15) is 0 Å². The number of nitrogens with zero attached hydrogens (tertiary/aromatic N) is 1. The molecule has 2 atom stereocenters. The van der Waals surface area contributed by atoms with Crippen molar-refractivity contribution in [1.29, 1.82) is 0 Å². The molecule has 0 spiro atoms. The second-order valence-electron chi connectivity index (χ2n) is 4.45. The first-order valence-corrected chi connectivity index (χ1v) is 5.69. The average Bonchev–Trinajstić information content (AvgIpc) is 2.75. The normalized spacial score (nSPS) is 33.5. The summed E-state index contributed by atoms with van der Waals surface area (Å²) in [5.74, 6) is 0.480. The van der Waals surface area contributed by atoms with Gasteiger partial charge in [-0.1, -0.05) is 41.9 Å². The fourth-order valence-corrected chi connectivity index (χ4v) is 2.81. The lowest BCUT2D eigenvalue weighted by Gasteiger charge is -2.36. The van der Waals surface area contributed by atoms with E-state index in [9.17, 15) is 0 Å². The van der Waals surface area contributed by atoms with Crippen LogP contribution in [0.5, 0.6) is 0 Å². The third-order valence-corrected chi connectivity index (χ3v) is 3.63. The van der Waals surface area contributed by atoms with Crippen LogP contribution in [0.2, 0.25) is 0 Å². The minimum absolute atomic E-state index is 0.139. The van der Waals surface area contributed by atoms with Crippen molar-refractivity contribution in [2.45, 2.75) is 31.3 Å². The molecule has 1 aliphatic carbocycles. The fraction of sp³-hybridized carbons (Fsp3) is 0.462. The van der Waals surface area contributed by atoms with Crippen molar-refractivity contribution in [3.05, 3.63) is 35.9 Å². The Kier molecular flexibility index (Phi) is 2.01. The van der Waals surface area contributed by atoms with Crippen LogP contribution in [0.3, 0.4) is 0 Å². The standard InChI is InChI=1S/C13H15NO/c1-2-6-11(7-3-1)13-9-5-4-8-12(13)10-14-15-13/h1-3,6-7,10,12H,4-5,8-9H2. The average molecular weight is 201 g/mol. The molecule has 2 heteroatoms. The lowest BCUT2D eigenvalue weighted by Crippen LogP contribution is -2.36. The molecule has 1 aromatic rings. The van der Waals surface area contributed by atoms with Crippen LogP contribution in [0.25, 0.3) is 0 Å². The van der Waals surface area contributed by atoms with E-state index in [1.165, 1.54) is 24.8 Å². The van der Waals surface area contributed by atoms with E-state index >= 15 is 0 Å². The minimum atomic E-state index is -0.139. The largest absolute Gasteiger partial charge is 0.384 e. The van der Waals surface area contributed by atoms with Crippen molar-refractivity contribution in [3.8, 4) is 0 Å². The number of fused-ring (bicyclic) bond motifs is 1. The van der Waals surface area contributed by atoms with Crippen LogP contribution in [-0.4, -0.2) is 6.21 Å². The summed E-state index contributed by atoms with van der Waals surface area (Å²) in [6, 6.07) is 10.5. The Morgan fingerprint density at radius 2 is 2.07 bits per heavy atom. The Hall–Kier alpha value is -1.31. The highest BCUT2D eigenvalue weighted by Gasteiger charge is 2.47. The first-order valence-electron chi connectivity index (χ1n) is 5.69. The summed E-state index contributed by atoms with van der Waals surface area (Å²) in [6.07, 6.45) is 6.84.